The second-order valence-electron chi connectivity index (χ2n) is 6.42. The van der Waals surface area contributed by atoms with Crippen molar-refractivity contribution in [3.63, 3.8) is 0 Å². The Morgan fingerprint density at radius 3 is 2.60 bits per heavy atom. The van der Waals surface area contributed by atoms with E-state index in [0.717, 1.165) is 10.9 Å². The van der Waals surface area contributed by atoms with Gasteiger partial charge in [-0.25, -0.2) is 0 Å². The van der Waals surface area contributed by atoms with Crippen molar-refractivity contribution in [1.82, 2.24) is 15.2 Å². The number of aromatic nitrogens is 3. The molecule has 0 radical (unpaired) electrons. The maximum atomic E-state index is 12.5. The molecule has 0 aliphatic heterocycles. The van der Waals surface area contributed by atoms with Crippen LogP contribution in [-0.2, 0) is 11.2 Å². The molecule has 9 heteroatoms. The van der Waals surface area contributed by atoms with Gasteiger partial charge in [0.05, 0.1) is 39.6 Å². The Morgan fingerprint density at radius 1 is 1.07 bits per heavy atom. The molecule has 0 saturated carbocycles. The van der Waals surface area contributed by atoms with Crippen LogP contribution in [0.4, 0.5) is 5.95 Å². The summed E-state index contributed by atoms with van der Waals surface area (Å²) < 4.78 is 21.3. The minimum absolute atomic E-state index is 0.120. The number of amides is 1. The molecule has 2 N–H and O–H groups in total. The lowest BCUT2D eigenvalue weighted by Gasteiger charge is -2.07. The van der Waals surface area contributed by atoms with E-state index in [1.165, 1.54) is 0 Å². The number of methoxy groups -OCH3 is 3. The number of aromatic amines is 1. The van der Waals surface area contributed by atoms with Gasteiger partial charge in [0.25, 0.3) is 0 Å². The Bertz CT molecular complexity index is 1200. The Kier molecular flexibility index (Phi) is 5.25. The summed E-state index contributed by atoms with van der Waals surface area (Å²) in [6.07, 6.45) is 1.68. The third-order valence-electron chi connectivity index (χ3n) is 4.61. The average molecular weight is 408 g/mol. The number of furan rings is 1. The molecule has 2 aromatic heterocycles. The molecule has 1 amide bonds. The van der Waals surface area contributed by atoms with Gasteiger partial charge in [-0.2, -0.15) is 4.98 Å². The number of hydrogen-bond donors (Lipinski definition) is 2. The summed E-state index contributed by atoms with van der Waals surface area (Å²) in [5, 5.41) is 10.4. The van der Waals surface area contributed by atoms with Crippen LogP contribution in [0.5, 0.6) is 17.2 Å². The van der Waals surface area contributed by atoms with E-state index in [1.807, 2.05) is 12.1 Å². The Balaban J connectivity index is 1.48. The normalized spacial score (nSPS) is 10.8. The van der Waals surface area contributed by atoms with Gasteiger partial charge >= 0.3 is 0 Å². The topological polar surface area (TPSA) is 112 Å². The number of benzene rings is 2. The van der Waals surface area contributed by atoms with Crippen molar-refractivity contribution in [3.05, 3.63) is 48.2 Å². The summed E-state index contributed by atoms with van der Waals surface area (Å²) in [6, 6.07) is 10.8. The number of ether oxygens (including phenoxy) is 3. The molecule has 4 aromatic rings. The number of H-pyrrole nitrogens is 1. The Hall–Kier alpha value is -4.01. The zero-order valence-electron chi connectivity index (χ0n) is 16.7. The van der Waals surface area contributed by atoms with Crippen molar-refractivity contribution >= 4 is 22.8 Å². The molecule has 0 saturated heterocycles. The van der Waals surface area contributed by atoms with Crippen LogP contribution in [0.15, 0.2) is 47.1 Å². The maximum Gasteiger partial charge on any atom is 0.249 e. The lowest BCUT2D eigenvalue weighted by Crippen LogP contribution is -2.15. The molecule has 9 nitrogen and oxygen atoms in total. The quantitative estimate of drug-likeness (QED) is 0.482. The van der Waals surface area contributed by atoms with Crippen LogP contribution in [-0.4, -0.2) is 42.4 Å². The second kappa shape index (κ2) is 8.16. The second-order valence-corrected chi connectivity index (χ2v) is 6.42. The summed E-state index contributed by atoms with van der Waals surface area (Å²) >= 11 is 0. The lowest BCUT2D eigenvalue weighted by atomic mass is 10.1. The molecular formula is C21H20N4O5. The Morgan fingerprint density at radius 2 is 1.83 bits per heavy atom. The number of carbonyl (C=O) groups is 1. The van der Waals surface area contributed by atoms with Crippen LogP contribution in [0, 0.1) is 0 Å². The van der Waals surface area contributed by atoms with Gasteiger partial charge in [0.15, 0.2) is 5.82 Å². The summed E-state index contributed by atoms with van der Waals surface area (Å²) in [7, 11) is 4.73. The zero-order chi connectivity index (χ0) is 21.1. The molecule has 0 fully saturated rings. The fourth-order valence-electron chi connectivity index (χ4n) is 3.10. The first-order valence-electron chi connectivity index (χ1n) is 9.10. The highest BCUT2D eigenvalue weighted by molar-refractivity contribution is 5.94. The molecule has 4 rings (SSSR count). The summed E-state index contributed by atoms with van der Waals surface area (Å²) in [5.74, 6) is 2.29. The first-order valence-corrected chi connectivity index (χ1v) is 9.10. The first kappa shape index (κ1) is 19.3. The number of nitrogens with zero attached hydrogens (tertiary/aromatic N) is 2. The number of anilines is 1. The number of hydrogen-bond acceptors (Lipinski definition) is 7. The molecule has 0 aliphatic rings. The Labute approximate surface area is 172 Å². The third-order valence-corrected chi connectivity index (χ3v) is 4.61. The molecule has 154 valence electrons. The SMILES string of the molecule is COc1ccc(-c2nc(NC(=O)Cc3coc4cc(OC)ccc34)n[nH]2)c(OC)c1. The molecule has 0 aliphatic carbocycles. The van der Waals surface area contributed by atoms with Gasteiger partial charge in [0, 0.05) is 23.1 Å². The van der Waals surface area contributed by atoms with E-state index in [1.54, 1.807) is 51.9 Å². The largest absolute Gasteiger partial charge is 0.497 e. The van der Waals surface area contributed by atoms with E-state index in [4.69, 9.17) is 18.6 Å². The van der Waals surface area contributed by atoms with Crippen molar-refractivity contribution in [2.75, 3.05) is 26.6 Å². The third kappa shape index (κ3) is 3.77. The van der Waals surface area contributed by atoms with Gasteiger partial charge in [-0.1, -0.05) is 0 Å². The van der Waals surface area contributed by atoms with E-state index in [0.29, 0.717) is 34.2 Å². The van der Waals surface area contributed by atoms with Gasteiger partial charge in [-0.3, -0.25) is 15.2 Å². The summed E-state index contributed by atoms with van der Waals surface area (Å²) in [4.78, 5) is 16.8. The smallest absolute Gasteiger partial charge is 0.249 e. The van der Waals surface area contributed by atoms with Gasteiger partial charge in [0.2, 0.25) is 11.9 Å². The van der Waals surface area contributed by atoms with E-state index >= 15 is 0 Å². The van der Waals surface area contributed by atoms with Crippen molar-refractivity contribution in [1.29, 1.82) is 0 Å². The van der Waals surface area contributed by atoms with Gasteiger partial charge in [0.1, 0.15) is 22.8 Å². The van der Waals surface area contributed by atoms with Gasteiger partial charge in [-0.15, -0.1) is 5.10 Å². The van der Waals surface area contributed by atoms with Crippen LogP contribution < -0.4 is 19.5 Å². The molecule has 2 aromatic carbocycles. The summed E-state index contributed by atoms with van der Waals surface area (Å²) in [6.45, 7) is 0. The standard InChI is InChI=1S/C21H20N4O5/c1-27-13-5-7-16(17(9-13)29-3)20-23-21(25-24-20)22-19(26)8-12-11-30-18-10-14(28-2)4-6-15(12)18/h4-7,9-11H,8H2,1-3H3,(H2,22,23,24,25,26). The number of nitrogens with one attached hydrogen (secondary N) is 2. The monoisotopic (exact) mass is 408 g/mol. The van der Waals surface area contributed by atoms with Crippen molar-refractivity contribution < 1.29 is 23.4 Å². The van der Waals surface area contributed by atoms with Crippen LogP contribution in [0.2, 0.25) is 0 Å². The van der Waals surface area contributed by atoms with Crippen molar-refractivity contribution in [2.24, 2.45) is 0 Å². The van der Waals surface area contributed by atoms with Crippen LogP contribution in [0.25, 0.3) is 22.4 Å². The molecule has 0 bridgehead atoms. The van der Waals surface area contributed by atoms with Crippen LogP contribution in [0.1, 0.15) is 5.56 Å². The molecule has 0 atom stereocenters. The number of carbonyl (C=O) groups excluding carboxylic acids is 1. The van der Waals surface area contributed by atoms with E-state index < -0.39 is 0 Å². The molecule has 30 heavy (non-hydrogen) atoms. The average Bonchev–Trinajstić information content (AvgIpc) is 3.39. The number of fused-ring (bicyclic) bond motifs is 1. The van der Waals surface area contributed by atoms with Gasteiger partial charge in [-0.05, 0) is 24.3 Å². The molecule has 2 heterocycles. The highest BCUT2D eigenvalue weighted by Gasteiger charge is 2.15. The predicted molar refractivity (Wildman–Crippen MR) is 110 cm³/mol. The van der Waals surface area contributed by atoms with E-state index in [9.17, 15) is 4.79 Å². The highest BCUT2D eigenvalue weighted by Crippen LogP contribution is 2.31. The lowest BCUT2D eigenvalue weighted by molar-refractivity contribution is -0.115. The first-order chi connectivity index (χ1) is 14.6. The van der Waals surface area contributed by atoms with Crippen molar-refractivity contribution in [3.8, 4) is 28.6 Å². The van der Waals surface area contributed by atoms with E-state index in [-0.39, 0.29) is 18.3 Å². The molecule has 0 spiro atoms. The maximum absolute atomic E-state index is 12.5. The van der Waals surface area contributed by atoms with Gasteiger partial charge < -0.3 is 18.6 Å². The minimum atomic E-state index is -0.263. The number of rotatable bonds is 7. The van der Waals surface area contributed by atoms with Crippen LogP contribution >= 0.6 is 0 Å². The minimum Gasteiger partial charge on any atom is -0.497 e. The fraction of sp³-hybridized carbons (Fsp3) is 0.190. The zero-order valence-corrected chi connectivity index (χ0v) is 16.7. The highest BCUT2D eigenvalue weighted by atomic mass is 16.5. The predicted octanol–water partition coefficient (Wildman–Crippen LogP) is 3.42. The fourth-order valence-corrected chi connectivity index (χ4v) is 3.10. The van der Waals surface area contributed by atoms with Crippen LogP contribution in [0.3, 0.4) is 0 Å². The van der Waals surface area contributed by atoms with Crippen molar-refractivity contribution in [2.45, 2.75) is 6.42 Å². The summed E-state index contributed by atoms with van der Waals surface area (Å²) in [5.41, 5.74) is 2.11. The van der Waals surface area contributed by atoms with E-state index in [2.05, 4.69) is 20.5 Å². The molecular weight excluding hydrogens is 388 g/mol. The molecule has 0 unspecified atom stereocenters.